The van der Waals surface area contributed by atoms with Gasteiger partial charge in [-0.25, -0.2) is 0 Å². The first-order valence-electron chi connectivity index (χ1n) is 6.31. The highest BCUT2D eigenvalue weighted by molar-refractivity contribution is 7.57. The van der Waals surface area contributed by atoms with Crippen molar-refractivity contribution in [2.45, 2.75) is 27.2 Å². The Labute approximate surface area is 109 Å². The molecule has 0 unspecified atom stereocenters. The van der Waals surface area contributed by atoms with Crippen molar-refractivity contribution >= 4 is 13.2 Å². The molecule has 0 spiro atoms. The van der Waals surface area contributed by atoms with E-state index in [0.29, 0.717) is 13.2 Å². The van der Waals surface area contributed by atoms with E-state index in [1.54, 1.807) is 5.82 Å². The standard InChI is InChI=1S/C14H21O3P/c1-4-13(14-10-8-7-9-11-14)12-18(15,16-5-2)17-6-3/h7-12H,4-6H2,1-3H3/b13-12+. The fourth-order valence-electron chi connectivity index (χ4n) is 1.68. The lowest BCUT2D eigenvalue weighted by Crippen LogP contribution is -1.94. The minimum absolute atomic E-state index is 0.375. The summed E-state index contributed by atoms with van der Waals surface area (Å²) >= 11 is 0. The number of benzene rings is 1. The van der Waals surface area contributed by atoms with Crippen LogP contribution < -0.4 is 0 Å². The summed E-state index contributed by atoms with van der Waals surface area (Å²) in [6.07, 6.45) is 0.786. The maximum atomic E-state index is 12.4. The van der Waals surface area contributed by atoms with Gasteiger partial charge in [0.25, 0.3) is 0 Å². The summed E-state index contributed by atoms with van der Waals surface area (Å²) in [6, 6.07) is 9.88. The van der Waals surface area contributed by atoms with E-state index in [0.717, 1.165) is 17.6 Å². The maximum Gasteiger partial charge on any atom is 0.354 e. The quantitative estimate of drug-likeness (QED) is 0.672. The van der Waals surface area contributed by atoms with Gasteiger partial charge in [-0.05, 0) is 31.4 Å². The molecule has 0 aliphatic rings. The third-order valence-electron chi connectivity index (χ3n) is 2.46. The monoisotopic (exact) mass is 268 g/mol. The van der Waals surface area contributed by atoms with Gasteiger partial charge in [-0.3, -0.25) is 4.57 Å². The molecule has 1 aromatic rings. The van der Waals surface area contributed by atoms with Crippen molar-refractivity contribution < 1.29 is 13.6 Å². The van der Waals surface area contributed by atoms with Gasteiger partial charge >= 0.3 is 7.60 Å². The lowest BCUT2D eigenvalue weighted by atomic mass is 10.1. The molecule has 0 N–H and O–H groups in total. The molecule has 0 saturated heterocycles. The Bertz CT molecular complexity index is 416. The van der Waals surface area contributed by atoms with E-state index < -0.39 is 7.60 Å². The summed E-state index contributed by atoms with van der Waals surface area (Å²) < 4.78 is 23.0. The Morgan fingerprint density at radius 1 is 1.11 bits per heavy atom. The van der Waals surface area contributed by atoms with E-state index in [1.807, 2.05) is 51.1 Å². The second-order valence-electron chi connectivity index (χ2n) is 3.75. The predicted octanol–water partition coefficient (Wildman–Crippen LogP) is 4.70. The van der Waals surface area contributed by atoms with Gasteiger partial charge in [-0.1, -0.05) is 37.3 Å². The van der Waals surface area contributed by atoms with Crippen molar-refractivity contribution in [1.82, 2.24) is 0 Å². The van der Waals surface area contributed by atoms with Crippen LogP contribution in [0.15, 0.2) is 36.1 Å². The van der Waals surface area contributed by atoms with E-state index in [1.165, 1.54) is 0 Å². The Morgan fingerprint density at radius 3 is 2.11 bits per heavy atom. The SMILES string of the molecule is CCOP(=O)(/C=C(\CC)c1ccccc1)OCC. The van der Waals surface area contributed by atoms with Gasteiger partial charge in [-0.2, -0.15) is 0 Å². The first-order chi connectivity index (χ1) is 8.65. The molecule has 0 aliphatic carbocycles. The van der Waals surface area contributed by atoms with Gasteiger partial charge < -0.3 is 9.05 Å². The highest BCUT2D eigenvalue weighted by Gasteiger charge is 2.21. The third-order valence-corrected chi connectivity index (χ3v) is 4.32. The van der Waals surface area contributed by atoms with Gasteiger partial charge in [0.05, 0.1) is 13.2 Å². The Kier molecular flexibility index (Phi) is 6.34. The molecule has 18 heavy (non-hydrogen) atoms. The average Bonchev–Trinajstić information content (AvgIpc) is 2.38. The van der Waals surface area contributed by atoms with Crippen LogP contribution in [0.3, 0.4) is 0 Å². The molecule has 0 amide bonds. The van der Waals surface area contributed by atoms with E-state index in [4.69, 9.17) is 9.05 Å². The molecule has 100 valence electrons. The molecule has 0 radical (unpaired) electrons. The zero-order valence-corrected chi connectivity index (χ0v) is 12.2. The number of rotatable bonds is 7. The molecular formula is C14H21O3P. The van der Waals surface area contributed by atoms with Crippen LogP contribution in [-0.4, -0.2) is 13.2 Å². The molecule has 0 fully saturated rings. The molecule has 4 heteroatoms. The molecule has 0 atom stereocenters. The number of hydrogen-bond acceptors (Lipinski definition) is 3. The Morgan fingerprint density at radius 2 is 1.67 bits per heavy atom. The van der Waals surface area contributed by atoms with Crippen LogP contribution in [0, 0.1) is 0 Å². The van der Waals surface area contributed by atoms with Crippen LogP contribution in [0.5, 0.6) is 0 Å². The fraction of sp³-hybridized carbons (Fsp3) is 0.429. The number of hydrogen-bond donors (Lipinski definition) is 0. The molecule has 1 rings (SSSR count). The number of allylic oxidation sites excluding steroid dienone is 1. The van der Waals surface area contributed by atoms with Crippen molar-refractivity contribution in [2.75, 3.05) is 13.2 Å². The van der Waals surface area contributed by atoms with E-state index in [-0.39, 0.29) is 0 Å². The third kappa shape index (κ3) is 4.41. The largest absolute Gasteiger partial charge is 0.354 e. The van der Waals surface area contributed by atoms with Gasteiger partial charge in [0.15, 0.2) is 0 Å². The van der Waals surface area contributed by atoms with Gasteiger partial charge in [-0.15, -0.1) is 0 Å². The van der Waals surface area contributed by atoms with Crippen LogP contribution in [0.2, 0.25) is 0 Å². The Hall–Kier alpha value is -0.890. The summed E-state index contributed by atoms with van der Waals surface area (Å²) in [7, 11) is -3.12. The molecule has 3 nitrogen and oxygen atoms in total. The minimum Gasteiger partial charge on any atom is -0.306 e. The van der Waals surface area contributed by atoms with E-state index in [2.05, 4.69) is 0 Å². The Balaban J connectivity index is 3.05. The minimum atomic E-state index is -3.12. The van der Waals surface area contributed by atoms with Crippen molar-refractivity contribution in [1.29, 1.82) is 0 Å². The van der Waals surface area contributed by atoms with Crippen molar-refractivity contribution in [2.24, 2.45) is 0 Å². The zero-order valence-electron chi connectivity index (χ0n) is 11.3. The summed E-state index contributed by atoms with van der Waals surface area (Å²) in [5.74, 6) is 1.65. The predicted molar refractivity (Wildman–Crippen MR) is 75.6 cm³/mol. The normalized spacial score (nSPS) is 12.7. The molecule has 0 saturated carbocycles. The molecule has 1 aromatic carbocycles. The lowest BCUT2D eigenvalue weighted by molar-refractivity contribution is 0.229. The summed E-state index contributed by atoms with van der Waals surface area (Å²) in [4.78, 5) is 0. The van der Waals surface area contributed by atoms with Crippen LogP contribution >= 0.6 is 7.60 Å². The highest BCUT2D eigenvalue weighted by atomic mass is 31.2. The topological polar surface area (TPSA) is 35.5 Å². The molecular weight excluding hydrogens is 247 g/mol. The first-order valence-corrected chi connectivity index (χ1v) is 7.92. The average molecular weight is 268 g/mol. The maximum absolute atomic E-state index is 12.4. The summed E-state index contributed by atoms with van der Waals surface area (Å²) in [5.41, 5.74) is 2.04. The zero-order chi connectivity index (χ0) is 13.4. The van der Waals surface area contributed by atoms with Crippen LogP contribution in [0.4, 0.5) is 0 Å². The van der Waals surface area contributed by atoms with Crippen LogP contribution in [0.25, 0.3) is 5.57 Å². The second-order valence-corrected chi connectivity index (χ2v) is 5.60. The van der Waals surface area contributed by atoms with Crippen LogP contribution in [0.1, 0.15) is 32.8 Å². The van der Waals surface area contributed by atoms with E-state index >= 15 is 0 Å². The van der Waals surface area contributed by atoms with E-state index in [9.17, 15) is 4.57 Å². The molecule has 0 bridgehead atoms. The highest BCUT2D eigenvalue weighted by Crippen LogP contribution is 2.51. The lowest BCUT2D eigenvalue weighted by Gasteiger charge is -2.15. The van der Waals surface area contributed by atoms with Crippen molar-refractivity contribution in [3.63, 3.8) is 0 Å². The van der Waals surface area contributed by atoms with Crippen molar-refractivity contribution in [3.05, 3.63) is 41.7 Å². The first kappa shape index (κ1) is 15.2. The summed E-state index contributed by atoms with van der Waals surface area (Å²) in [6.45, 7) is 6.40. The van der Waals surface area contributed by atoms with Gasteiger partial charge in [0.1, 0.15) is 0 Å². The second kappa shape index (κ2) is 7.52. The molecule has 0 aromatic heterocycles. The fourth-order valence-corrected chi connectivity index (χ4v) is 3.34. The van der Waals surface area contributed by atoms with Gasteiger partial charge in [0, 0.05) is 5.82 Å². The molecule has 0 aliphatic heterocycles. The summed E-state index contributed by atoms with van der Waals surface area (Å²) in [5, 5.41) is 0. The van der Waals surface area contributed by atoms with Gasteiger partial charge in [0.2, 0.25) is 0 Å². The molecule has 0 heterocycles. The van der Waals surface area contributed by atoms with Crippen molar-refractivity contribution in [3.8, 4) is 0 Å². The van der Waals surface area contributed by atoms with Crippen LogP contribution in [-0.2, 0) is 13.6 Å². The smallest absolute Gasteiger partial charge is 0.306 e.